The predicted molar refractivity (Wildman–Crippen MR) is 515 cm³/mol. The number of carbonyl (C=O) groups is 3. The first kappa shape index (κ1) is 92.9. The number of hydrogen-bond acceptors (Lipinski definition) is 21. The molecule has 0 amide bonds. The summed E-state index contributed by atoms with van der Waals surface area (Å²) in [5, 5.41) is 29.9. The second-order valence-corrected chi connectivity index (χ2v) is 33.0. The number of H-pyrrole nitrogens is 6. The van der Waals surface area contributed by atoms with Gasteiger partial charge in [0.05, 0.1) is 11.3 Å². The minimum Gasteiger partial charge on any atom is -0.384 e. The van der Waals surface area contributed by atoms with Crippen molar-refractivity contribution in [2.24, 2.45) is 34.6 Å². The Hall–Kier alpha value is -14.3. The van der Waals surface area contributed by atoms with E-state index < -0.39 is 11.3 Å². The number of carbonyl (C=O) groups excluding carboxylic acids is 3. The third-order valence-electron chi connectivity index (χ3n) is 19.4. The number of halogens is 3. The Morgan fingerprint density at radius 1 is 0.367 bits per heavy atom. The average molecular weight is 1770 g/mol. The van der Waals surface area contributed by atoms with Crippen LogP contribution in [-0.2, 0) is 6.42 Å². The summed E-state index contributed by atoms with van der Waals surface area (Å²) in [5.41, 5.74) is 14.7. The summed E-state index contributed by atoms with van der Waals surface area (Å²) < 4.78 is 0. The Kier molecular flexibility index (Phi) is 33.5. The van der Waals surface area contributed by atoms with Crippen molar-refractivity contribution in [2.45, 2.75) is 81.8 Å². The highest BCUT2D eigenvalue weighted by Gasteiger charge is 2.20. The number of pyridine rings is 12. The van der Waals surface area contributed by atoms with Gasteiger partial charge in [-0.25, -0.2) is 59.8 Å². The molecule has 11 N–H and O–H groups in total. The van der Waals surface area contributed by atoms with E-state index >= 15 is 0 Å². The summed E-state index contributed by atoms with van der Waals surface area (Å²) in [7, 11) is 0. The third-order valence-corrected chi connectivity index (χ3v) is 20.1. The van der Waals surface area contributed by atoms with Crippen LogP contribution in [0.5, 0.6) is 0 Å². The van der Waals surface area contributed by atoms with Gasteiger partial charge in [-0.15, -0.1) is 0 Å². The molecule has 1 atom stereocenters. The second kappa shape index (κ2) is 46.1. The summed E-state index contributed by atoms with van der Waals surface area (Å²) in [6.07, 6.45) is 31.7. The number of anilines is 4. The molecule has 18 heterocycles. The van der Waals surface area contributed by atoms with Gasteiger partial charge >= 0.3 is 0 Å². The SMILES string of the molecule is CC(C)CN=C(c1ccc(NCC(C)C)nc1)c1c[nH]c2ncccc12.CC(C)CNc1ccc(C(=O)c2c[nH]c3ncccc23)cn1.CC(C)CNc1ccc(C(O)c2c[nH]c3ncccc23)cn1.CC(C)CNc1ccc(Cc2c[nH]c3ncccc23)cn1.O=C(Cl)c1ccc(Cl)nc1.O=C(c1ccc(Cl)nc1)c1c[nH]c2ncccc12.c1cnc2[nH]ccc2c1. The van der Waals surface area contributed by atoms with E-state index in [1.807, 2.05) is 122 Å². The van der Waals surface area contributed by atoms with Crippen molar-refractivity contribution in [3.63, 3.8) is 0 Å². The molecule has 18 aromatic rings. The lowest BCUT2D eigenvalue weighted by Gasteiger charge is -2.12. The zero-order valence-electron chi connectivity index (χ0n) is 72.7. The fourth-order valence-corrected chi connectivity index (χ4v) is 13.2. The number of rotatable bonds is 25. The molecule has 27 nitrogen and oxygen atoms in total. The van der Waals surface area contributed by atoms with Crippen LogP contribution >= 0.6 is 34.8 Å². The summed E-state index contributed by atoms with van der Waals surface area (Å²) in [4.78, 5) is 109. The zero-order chi connectivity index (χ0) is 90.4. The van der Waals surface area contributed by atoms with Gasteiger partial charge in [-0.3, -0.25) is 19.4 Å². The zero-order valence-corrected chi connectivity index (χ0v) is 74.9. The first-order valence-electron chi connectivity index (χ1n) is 42.0. The Balaban J connectivity index is 0.000000138. The molecule has 0 saturated heterocycles. The van der Waals surface area contributed by atoms with Gasteiger partial charge in [0.15, 0.2) is 11.6 Å². The van der Waals surface area contributed by atoms with Crippen LogP contribution < -0.4 is 21.3 Å². The highest BCUT2D eigenvalue weighted by atomic mass is 35.5. The molecule has 30 heteroatoms. The molecule has 0 spiro atoms. The maximum atomic E-state index is 12.6. The van der Waals surface area contributed by atoms with Crippen molar-refractivity contribution in [1.29, 1.82) is 0 Å². The minimum atomic E-state index is -0.718. The predicted octanol–water partition coefficient (Wildman–Crippen LogP) is 21.0. The Morgan fingerprint density at radius 2 is 0.758 bits per heavy atom. The second-order valence-electron chi connectivity index (χ2n) is 31.9. The van der Waals surface area contributed by atoms with Gasteiger partial charge in [0.25, 0.3) is 5.24 Å². The number of aromatic nitrogens is 18. The molecule has 0 saturated carbocycles. The normalized spacial score (nSPS) is 11.4. The van der Waals surface area contributed by atoms with Gasteiger partial charge in [-0.2, -0.15) is 0 Å². The molecule has 654 valence electrons. The number of ketones is 2. The van der Waals surface area contributed by atoms with E-state index in [2.05, 4.69) is 204 Å². The van der Waals surface area contributed by atoms with Gasteiger partial charge in [0, 0.05) is 228 Å². The number of fused-ring (bicyclic) bond motifs is 6. The molecule has 18 rings (SSSR count). The highest BCUT2D eigenvalue weighted by Crippen LogP contribution is 2.30. The van der Waals surface area contributed by atoms with Crippen molar-refractivity contribution < 1.29 is 19.5 Å². The van der Waals surface area contributed by atoms with Gasteiger partial charge < -0.3 is 56.3 Å². The fourth-order valence-electron chi connectivity index (χ4n) is 12.8. The van der Waals surface area contributed by atoms with Crippen molar-refractivity contribution >= 4 is 147 Å². The van der Waals surface area contributed by atoms with Crippen molar-refractivity contribution in [3.05, 3.63) is 335 Å². The van der Waals surface area contributed by atoms with Crippen LogP contribution in [0.15, 0.2) is 268 Å². The molecule has 0 fully saturated rings. The van der Waals surface area contributed by atoms with Crippen LogP contribution in [0.2, 0.25) is 10.3 Å². The van der Waals surface area contributed by atoms with Crippen molar-refractivity contribution in [3.8, 4) is 0 Å². The molecule has 0 aromatic carbocycles. The van der Waals surface area contributed by atoms with Gasteiger partial charge in [-0.05, 0) is 192 Å². The fraction of sp³-hybridized carbons (Fsp3) is 0.224. The number of aromatic amines is 6. The lowest BCUT2D eigenvalue weighted by atomic mass is 10.0. The lowest BCUT2D eigenvalue weighted by molar-refractivity contribution is 0.103. The smallest absolute Gasteiger partial charge is 0.253 e. The average Bonchev–Trinajstić information content (AvgIpc) is 1.59. The number of aliphatic hydroxyl groups is 1. The van der Waals surface area contributed by atoms with Crippen LogP contribution in [0.3, 0.4) is 0 Å². The first-order valence-corrected chi connectivity index (χ1v) is 43.1. The van der Waals surface area contributed by atoms with E-state index in [0.29, 0.717) is 79.0 Å². The molecular formula is C98H102Cl3N23O4. The van der Waals surface area contributed by atoms with E-state index in [-0.39, 0.29) is 11.6 Å². The Labute approximate surface area is 756 Å². The monoisotopic (exact) mass is 1770 g/mol. The van der Waals surface area contributed by atoms with E-state index in [1.54, 1.807) is 92.4 Å². The van der Waals surface area contributed by atoms with Gasteiger partial charge in [0.2, 0.25) is 0 Å². The van der Waals surface area contributed by atoms with Crippen LogP contribution in [0.1, 0.15) is 151 Å². The summed E-state index contributed by atoms with van der Waals surface area (Å²) in [6, 6.07) is 47.2. The van der Waals surface area contributed by atoms with Gasteiger partial charge in [-0.1, -0.05) is 105 Å². The van der Waals surface area contributed by atoms with E-state index in [0.717, 1.165) is 140 Å². The number of nitrogens with zero attached hydrogens (tertiary/aromatic N) is 13. The van der Waals surface area contributed by atoms with Crippen LogP contribution in [-0.4, -0.2) is 150 Å². The Bertz CT molecular complexity index is 6560. The summed E-state index contributed by atoms with van der Waals surface area (Å²) in [6.45, 7) is 26.0. The number of hydrogen-bond donors (Lipinski definition) is 11. The van der Waals surface area contributed by atoms with Crippen LogP contribution in [0.25, 0.3) is 66.2 Å². The number of nitrogens with one attached hydrogen (secondary N) is 10. The highest BCUT2D eigenvalue weighted by molar-refractivity contribution is 6.67. The molecule has 128 heavy (non-hydrogen) atoms. The molecule has 18 aromatic heterocycles. The maximum absolute atomic E-state index is 12.6. The van der Waals surface area contributed by atoms with E-state index in [4.69, 9.17) is 39.8 Å². The number of aliphatic imine (C=N–C) groups is 1. The van der Waals surface area contributed by atoms with E-state index in [9.17, 15) is 19.5 Å². The molecule has 0 aliphatic carbocycles. The summed E-state index contributed by atoms with van der Waals surface area (Å²) in [5.74, 6) is 6.08. The maximum Gasteiger partial charge on any atom is 0.253 e. The van der Waals surface area contributed by atoms with Crippen LogP contribution in [0.4, 0.5) is 23.3 Å². The summed E-state index contributed by atoms with van der Waals surface area (Å²) >= 11 is 16.3. The lowest BCUT2D eigenvalue weighted by Crippen LogP contribution is -2.10. The minimum absolute atomic E-state index is 0.0536. The molecule has 0 bridgehead atoms. The standard InChI is InChI=1S/C21H27N5.C17H20N4O.C17H18N4O.C17H20N4.C13H8ClN3O.C7H6N2.C6H3Cl2NO/c1-14(2)10-23-19-8-7-16(12-24-19)20(25-11-15(3)4)18-13-26-21-17(18)6-5-9-22-21;2*1-11(2)8-19-15-6-5-12(9-20-15)16(22)14-10-21-17-13(14)4-3-7-18-17;1-12(2)9-19-16-6-5-13(10-20-16)8-14-11-21-17-15(14)4-3-7-18-17;14-11-4-3-8(6-16-11)12(18)10-7-17-13-9(10)2-1-5-15-13;1-2-6-3-5-9-7(6)8-4-1;7-5-2-1-4(3-9-5)6(8)10/h5-9,12-15H,10-11H2,1-4H3,(H,22,26)(H,23,24);3-7,9-11,16,22H,8H2,1-2H3,(H,18,21)(H,19,20);3-7,9-11H,8H2,1-2H3,(H,18,21)(H,19,20);3-7,10-12H,8-9H2,1-2H3,(H,18,21)(H,19,20);1-7H,(H,15,17);1-5H,(H,8,9);1-3H. The Morgan fingerprint density at radius 3 is 1.20 bits per heavy atom. The molecule has 0 aliphatic rings. The van der Waals surface area contributed by atoms with Crippen molar-refractivity contribution in [2.75, 3.05) is 54.0 Å². The molecular weight excluding hydrogens is 1670 g/mol. The first-order chi connectivity index (χ1) is 62.0. The molecule has 0 aliphatic heterocycles. The number of aliphatic hydroxyl groups excluding tert-OH is 1. The molecule has 1 unspecified atom stereocenters. The molecule has 0 radical (unpaired) electrons. The van der Waals surface area contributed by atoms with Crippen LogP contribution in [0, 0.1) is 29.6 Å². The van der Waals surface area contributed by atoms with Gasteiger partial charge in [0.1, 0.15) is 73.6 Å². The quantitative estimate of drug-likeness (QED) is 0.0110. The van der Waals surface area contributed by atoms with Crippen molar-refractivity contribution in [1.82, 2.24) is 89.7 Å². The third kappa shape index (κ3) is 26.4. The van der Waals surface area contributed by atoms with E-state index in [1.165, 1.54) is 41.0 Å². The largest absolute Gasteiger partial charge is 0.384 e. The topological polar surface area (TPSA) is 381 Å².